The molecule has 178 valence electrons. The van der Waals surface area contributed by atoms with Gasteiger partial charge < -0.3 is 4.90 Å². The summed E-state index contributed by atoms with van der Waals surface area (Å²) in [5.74, 6) is 0.582. The van der Waals surface area contributed by atoms with E-state index in [2.05, 4.69) is 24.3 Å². The van der Waals surface area contributed by atoms with Gasteiger partial charge in [-0.25, -0.2) is 8.42 Å². The van der Waals surface area contributed by atoms with Gasteiger partial charge in [0.25, 0.3) is 5.91 Å². The molecule has 0 aliphatic carbocycles. The number of amides is 1. The number of carbonyl (C=O) groups is 1. The van der Waals surface area contributed by atoms with Crippen molar-refractivity contribution in [1.29, 1.82) is 0 Å². The number of nitrogens with zero attached hydrogens (tertiary/aromatic N) is 2. The molecule has 1 fully saturated rings. The number of carbonyl (C=O) groups excluding carboxylic acids is 1. The monoisotopic (exact) mass is 496 g/mol. The molecule has 1 heterocycles. The van der Waals surface area contributed by atoms with Crippen LogP contribution in [0.2, 0.25) is 5.02 Å². The molecule has 3 aromatic carbocycles. The van der Waals surface area contributed by atoms with Crippen molar-refractivity contribution in [2.24, 2.45) is 5.92 Å². The van der Waals surface area contributed by atoms with Gasteiger partial charge in [0.15, 0.2) is 0 Å². The van der Waals surface area contributed by atoms with E-state index in [0.717, 1.165) is 37.9 Å². The zero-order valence-corrected chi connectivity index (χ0v) is 20.8. The Morgan fingerprint density at radius 3 is 2.12 bits per heavy atom. The van der Waals surface area contributed by atoms with Gasteiger partial charge in [0.1, 0.15) is 0 Å². The average Bonchev–Trinajstić information content (AvgIpc) is 2.84. The number of likely N-dealkylation sites (tertiary alicyclic amines) is 1. The molecule has 0 saturated carbocycles. The first kappa shape index (κ1) is 24.3. The summed E-state index contributed by atoms with van der Waals surface area (Å²) in [7, 11) is -3.51. The number of hydrogen-bond acceptors (Lipinski definition) is 3. The van der Waals surface area contributed by atoms with Crippen LogP contribution in [0.25, 0.3) is 0 Å². The highest BCUT2D eigenvalue weighted by Gasteiger charge is 2.24. The van der Waals surface area contributed by atoms with Crippen LogP contribution in [0.15, 0.2) is 78.9 Å². The Labute approximate surface area is 207 Å². The molecule has 5 nitrogen and oxygen atoms in total. The van der Waals surface area contributed by atoms with Crippen molar-refractivity contribution in [1.82, 2.24) is 4.90 Å². The van der Waals surface area contributed by atoms with E-state index in [1.54, 1.807) is 48.5 Å². The highest BCUT2D eigenvalue weighted by Crippen LogP contribution is 2.25. The first-order chi connectivity index (χ1) is 16.3. The Morgan fingerprint density at radius 1 is 0.912 bits per heavy atom. The Kier molecular flexibility index (Phi) is 7.59. The lowest BCUT2D eigenvalue weighted by Gasteiger charge is -2.32. The van der Waals surface area contributed by atoms with E-state index in [1.807, 2.05) is 11.0 Å². The summed E-state index contributed by atoms with van der Waals surface area (Å²) in [6.07, 6.45) is 4.21. The van der Waals surface area contributed by atoms with Crippen molar-refractivity contribution >= 4 is 33.2 Å². The topological polar surface area (TPSA) is 57.7 Å². The zero-order chi connectivity index (χ0) is 24.1. The van der Waals surface area contributed by atoms with Crippen molar-refractivity contribution in [3.8, 4) is 0 Å². The van der Waals surface area contributed by atoms with E-state index < -0.39 is 10.0 Å². The van der Waals surface area contributed by atoms with Crippen molar-refractivity contribution in [2.75, 3.05) is 23.7 Å². The summed E-state index contributed by atoms with van der Waals surface area (Å²) < 4.78 is 26.2. The second-order valence-electron chi connectivity index (χ2n) is 8.87. The second kappa shape index (κ2) is 10.6. The Morgan fingerprint density at radius 2 is 1.53 bits per heavy atom. The maximum absolute atomic E-state index is 13.0. The van der Waals surface area contributed by atoms with Gasteiger partial charge in [-0.15, -0.1) is 0 Å². The minimum atomic E-state index is -3.51. The number of halogens is 1. The number of anilines is 1. The predicted molar refractivity (Wildman–Crippen MR) is 138 cm³/mol. The summed E-state index contributed by atoms with van der Waals surface area (Å²) in [6, 6.07) is 24.4. The lowest BCUT2D eigenvalue weighted by atomic mass is 9.90. The average molecular weight is 497 g/mol. The molecule has 0 aromatic heterocycles. The molecule has 1 aliphatic rings. The highest BCUT2D eigenvalue weighted by atomic mass is 35.5. The van der Waals surface area contributed by atoms with Crippen molar-refractivity contribution < 1.29 is 13.2 Å². The molecule has 34 heavy (non-hydrogen) atoms. The third-order valence-corrected chi connectivity index (χ3v) is 7.70. The van der Waals surface area contributed by atoms with E-state index in [9.17, 15) is 13.2 Å². The third kappa shape index (κ3) is 6.19. The molecule has 0 unspecified atom stereocenters. The van der Waals surface area contributed by atoms with E-state index >= 15 is 0 Å². The van der Waals surface area contributed by atoms with E-state index in [0.29, 0.717) is 22.2 Å². The van der Waals surface area contributed by atoms with Gasteiger partial charge >= 0.3 is 0 Å². The smallest absolute Gasteiger partial charge is 0.253 e. The zero-order valence-electron chi connectivity index (χ0n) is 19.2. The molecule has 0 radical (unpaired) electrons. The maximum atomic E-state index is 13.0. The minimum Gasteiger partial charge on any atom is -0.339 e. The summed E-state index contributed by atoms with van der Waals surface area (Å²) in [6.45, 7) is 1.67. The van der Waals surface area contributed by atoms with Crippen LogP contribution >= 0.6 is 11.6 Å². The molecule has 3 aromatic rings. The first-order valence-corrected chi connectivity index (χ1v) is 13.7. The van der Waals surface area contributed by atoms with Crippen molar-refractivity contribution in [3.05, 3.63) is 101 Å². The lowest BCUT2D eigenvalue weighted by Crippen LogP contribution is -2.39. The normalized spacial score (nSPS) is 14.7. The van der Waals surface area contributed by atoms with E-state index in [4.69, 9.17) is 11.6 Å². The summed E-state index contributed by atoms with van der Waals surface area (Å²) in [5, 5.41) is 0.599. The van der Waals surface area contributed by atoms with Gasteiger partial charge in [0.2, 0.25) is 10.0 Å². The van der Waals surface area contributed by atoms with Crippen LogP contribution in [0.1, 0.15) is 34.3 Å². The molecule has 0 atom stereocenters. The number of benzene rings is 3. The van der Waals surface area contributed by atoms with Crippen LogP contribution < -0.4 is 4.31 Å². The van der Waals surface area contributed by atoms with Crippen LogP contribution in [-0.2, 0) is 23.0 Å². The van der Waals surface area contributed by atoms with Gasteiger partial charge in [-0.3, -0.25) is 9.10 Å². The predicted octanol–water partition coefficient (Wildman–Crippen LogP) is 5.40. The van der Waals surface area contributed by atoms with Crippen LogP contribution in [0, 0.1) is 5.92 Å². The van der Waals surface area contributed by atoms with Gasteiger partial charge in [-0.05, 0) is 72.7 Å². The molecule has 0 spiro atoms. The fourth-order valence-corrected chi connectivity index (χ4v) is 5.41. The van der Waals surface area contributed by atoms with Crippen LogP contribution in [-0.4, -0.2) is 38.6 Å². The number of sulfonamides is 1. The minimum absolute atomic E-state index is 0.00619. The van der Waals surface area contributed by atoms with Gasteiger partial charge in [0, 0.05) is 23.7 Å². The first-order valence-electron chi connectivity index (χ1n) is 11.4. The molecule has 1 aliphatic heterocycles. The highest BCUT2D eigenvalue weighted by molar-refractivity contribution is 7.92. The quantitative estimate of drug-likeness (QED) is 0.440. The Hall–Kier alpha value is -2.83. The molecule has 0 N–H and O–H groups in total. The molecule has 7 heteroatoms. The van der Waals surface area contributed by atoms with Crippen LogP contribution in [0.3, 0.4) is 0 Å². The standard InChI is InChI=1S/C27H29ClN2O3S/c1-34(32,33)30(20-23-7-11-25(28)12-8-23)26-13-9-24(10-14-26)27(31)29-17-15-22(16-18-29)19-21-5-3-2-4-6-21/h2-14,22H,15-20H2,1H3. The second-order valence-corrected chi connectivity index (χ2v) is 11.2. The molecule has 4 rings (SSSR count). The molecular formula is C27H29ClN2O3S. The van der Waals surface area contributed by atoms with Gasteiger partial charge in [-0.1, -0.05) is 54.1 Å². The fourth-order valence-electron chi connectivity index (χ4n) is 4.40. The maximum Gasteiger partial charge on any atom is 0.253 e. The Bertz CT molecular complexity index is 1200. The molecule has 1 amide bonds. The largest absolute Gasteiger partial charge is 0.339 e. The number of piperidine rings is 1. The van der Waals surface area contributed by atoms with Crippen LogP contribution in [0.5, 0.6) is 0 Å². The van der Waals surface area contributed by atoms with Gasteiger partial charge in [0.05, 0.1) is 18.5 Å². The summed E-state index contributed by atoms with van der Waals surface area (Å²) >= 11 is 5.94. The number of hydrogen-bond donors (Lipinski definition) is 0. The summed E-state index contributed by atoms with van der Waals surface area (Å²) in [5.41, 5.74) is 3.27. The molecular weight excluding hydrogens is 468 g/mol. The molecule has 0 bridgehead atoms. The summed E-state index contributed by atoms with van der Waals surface area (Å²) in [4.78, 5) is 14.9. The lowest BCUT2D eigenvalue weighted by molar-refractivity contribution is 0.0690. The van der Waals surface area contributed by atoms with Crippen molar-refractivity contribution in [2.45, 2.75) is 25.8 Å². The Balaban J connectivity index is 1.40. The SMILES string of the molecule is CS(=O)(=O)N(Cc1ccc(Cl)cc1)c1ccc(C(=O)N2CCC(Cc3ccccc3)CC2)cc1. The number of rotatable bonds is 7. The van der Waals surface area contributed by atoms with E-state index in [1.165, 1.54) is 16.1 Å². The van der Waals surface area contributed by atoms with Crippen molar-refractivity contribution in [3.63, 3.8) is 0 Å². The molecule has 1 saturated heterocycles. The van der Waals surface area contributed by atoms with E-state index in [-0.39, 0.29) is 12.5 Å². The fraction of sp³-hybridized carbons (Fsp3) is 0.296. The third-order valence-electron chi connectivity index (χ3n) is 6.31. The van der Waals surface area contributed by atoms with Gasteiger partial charge in [-0.2, -0.15) is 0 Å². The van der Waals surface area contributed by atoms with Crippen LogP contribution in [0.4, 0.5) is 5.69 Å².